The van der Waals surface area contributed by atoms with Gasteiger partial charge in [0.15, 0.2) is 0 Å². The summed E-state index contributed by atoms with van der Waals surface area (Å²) < 4.78 is 1.90. The summed E-state index contributed by atoms with van der Waals surface area (Å²) in [5.41, 5.74) is 1.38. The molecule has 3 atom stereocenters. The molecule has 94 valence electrons. The van der Waals surface area contributed by atoms with E-state index in [0.29, 0.717) is 5.92 Å². The van der Waals surface area contributed by atoms with Crippen LogP contribution in [0, 0.1) is 0 Å². The van der Waals surface area contributed by atoms with Crippen LogP contribution in [0.4, 0.5) is 0 Å². The molecule has 0 radical (unpaired) electrons. The zero-order valence-corrected chi connectivity index (χ0v) is 10.3. The van der Waals surface area contributed by atoms with Gasteiger partial charge in [-0.15, -0.1) is 0 Å². The van der Waals surface area contributed by atoms with Crippen LogP contribution < -0.4 is 0 Å². The van der Waals surface area contributed by atoms with Gasteiger partial charge >= 0.3 is 0 Å². The van der Waals surface area contributed by atoms with Crippen LogP contribution in [0.1, 0.15) is 36.8 Å². The molecule has 2 aromatic rings. The summed E-state index contributed by atoms with van der Waals surface area (Å²) >= 11 is 0. The zero-order valence-electron chi connectivity index (χ0n) is 10.3. The maximum absolute atomic E-state index is 10.1. The van der Waals surface area contributed by atoms with Crippen LogP contribution in [0.5, 0.6) is 0 Å². The lowest BCUT2D eigenvalue weighted by Gasteiger charge is -2.33. The highest BCUT2D eigenvalue weighted by Crippen LogP contribution is 2.38. The van der Waals surface area contributed by atoms with Crippen LogP contribution >= 0.6 is 0 Å². The number of aliphatic hydroxyl groups excluding tert-OH is 1. The topological polar surface area (TPSA) is 38.0 Å². The number of benzene rings is 1. The summed E-state index contributed by atoms with van der Waals surface area (Å²) in [5, 5.41) is 14.4. The molecule has 3 unspecified atom stereocenters. The van der Waals surface area contributed by atoms with E-state index in [4.69, 9.17) is 0 Å². The van der Waals surface area contributed by atoms with Gasteiger partial charge in [0.25, 0.3) is 0 Å². The summed E-state index contributed by atoms with van der Waals surface area (Å²) in [6.45, 7) is 0. The quantitative estimate of drug-likeness (QED) is 0.879. The molecule has 1 N–H and O–H groups in total. The average molecular weight is 242 g/mol. The average Bonchev–Trinajstić information content (AvgIpc) is 2.94. The summed E-state index contributed by atoms with van der Waals surface area (Å²) in [7, 11) is 0. The second-order valence-corrected chi connectivity index (χ2v) is 5.04. The van der Waals surface area contributed by atoms with Crippen molar-refractivity contribution in [2.45, 2.75) is 37.3 Å². The number of aliphatic hydroxyl groups is 1. The molecule has 0 bridgehead atoms. The largest absolute Gasteiger partial charge is 0.391 e. The minimum Gasteiger partial charge on any atom is -0.391 e. The molecule has 0 saturated heterocycles. The van der Waals surface area contributed by atoms with E-state index >= 15 is 0 Å². The van der Waals surface area contributed by atoms with Crippen molar-refractivity contribution in [2.75, 3.05) is 0 Å². The second kappa shape index (κ2) is 4.94. The Morgan fingerprint density at radius 3 is 2.67 bits per heavy atom. The second-order valence-electron chi connectivity index (χ2n) is 5.04. The van der Waals surface area contributed by atoms with Crippen LogP contribution in [-0.2, 0) is 0 Å². The van der Waals surface area contributed by atoms with Gasteiger partial charge in [0.2, 0.25) is 0 Å². The van der Waals surface area contributed by atoms with E-state index in [1.54, 1.807) is 6.20 Å². The predicted octanol–water partition coefficient (Wildman–Crippen LogP) is 2.75. The molecule has 1 fully saturated rings. The minimum atomic E-state index is -0.273. The lowest BCUT2D eigenvalue weighted by atomic mass is 9.80. The highest BCUT2D eigenvalue weighted by Gasteiger charge is 2.31. The summed E-state index contributed by atoms with van der Waals surface area (Å²) in [6, 6.07) is 12.6. The molecule has 1 aliphatic rings. The molecule has 1 aliphatic carbocycles. The Morgan fingerprint density at radius 1 is 1.11 bits per heavy atom. The number of hydrogen-bond acceptors (Lipinski definition) is 2. The number of hydrogen-bond donors (Lipinski definition) is 1. The van der Waals surface area contributed by atoms with E-state index in [0.717, 1.165) is 19.3 Å². The molecule has 0 spiro atoms. The molecule has 3 rings (SSSR count). The molecular weight excluding hydrogens is 224 g/mol. The molecule has 3 heteroatoms. The predicted molar refractivity (Wildman–Crippen MR) is 70.3 cm³/mol. The van der Waals surface area contributed by atoms with Crippen molar-refractivity contribution in [1.82, 2.24) is 9.78 Å². The van der Waals surface area contributed by atoms with Gasteiger partial charge in [-0.1, -0.05) is 30.3 Å². The van der Waals surface area contributed by atoms with Gasteiger partial charge in [-0.2, -0.15) is 5.10 Å². The van der Waals surface area contributed by atoms with Crippen molar-refractivity contribution in [3.63, 3.8) is 0 Å². The van der Waals surface area contributed by atoms with E-state index in [1.807, 2.05) is 23.0 Å². The summed E-state index contributed by atoms with van der Waals surface area (Å²) in [4.78, 5) is 0. The highest BCUT2D eigenvalue weighted by atomic mass is 16.3. The molecule has 1 aromatic heterocycles. The minimum absolute atomic E-state index is 0.110. The molecule has 18 heavy (non-hydrogen) atoms. The molecule has 1 heterocycles. The normalized spacial score (nSPS) is 28.2. The SMILES string of the molecule is OC1CCC(c2ccccc2)CC1n1cccn1. The Balaban J connectivity index is 1.80. The van der Waals surface area contributed by atoms with E-state index in [1.165, 1.54) is 5.56 Å². The van der Waals surface area contributed by atoms with Crippen molar-refractivity contribution < 1.29 is 5.11 Å². The van der Waals surface area contributed by atoms with Crippen molar-refractivity contribution in [1.29, 1.82) is 0 Å². The Bertz CT molecular complexity index is 480. The third-order valence-electron chi connectivity index (χ3n) is 3.92. The first kappa shape index (κ1) is 11.5. The summed E-state index contributed by atoms with van der Waals surface area (Å²) in [6.07, 6.45) is 6.32. The van der Waals surface area contributed by atoms with Crippen molar-refractivity contribution in [2.24, 2.45) is 0 Å². The molecule has 1 saturated carbocycles. The Labute approximate surface area is 107 Å². The molecule has 0 amide bonds. The fourth-order valence-corrected chi connectivity index (χ4v) is 2.92. The van der Waals surface area contributed by atoms with Gasteiger partial charge in [0.1, 0.15) is 0 Å². The lowest BCUT2D eigenvalue weighted by Crippen LogP contribution is -2.31. The smallest absolute Gasteiger partial charge is 0.0783 e. The monoisotopic (exact) mass is 242 g/mol. The van der Waals surface area contributed by atoms with Crippen molar-refractivity contribution >= 4 is 0 Å². The third kappa shape index (κ3) is 2.18. The van der Waals surface area contributed by atoms with Crippen molar-refractivity contribution in [3.8, 4) is 0 Å². The van der Waals surface area contributed by atoms with Crippen molar-refractivity contribution in [3.05, 3.63) is 54.4 Å². The fourth-order valence-electron chi connectivity index (χ4n) is 2.92. The van der Waals surface area contributed by atoms with Gasteiger partial charge in [-0.25, -0.2) is 0 Å². The fraction of sp³-hybridized carbons (Fsp3) is 0.400. The molecular formula is C15H18N2O. The molecule has 0 aliphatic heterocycles. The van der Waals surface area contributed by atoms with Gasteiger partial charge in [0, 0.05) is 12.4 Å². The summed E-state index contributed by atoms with van der Waals surface area (Å²) in [5.74, 6) is 0.531. The Hall–Kier alpha value is -1.61. The van der Waals surface area contributed by atoms with Crippen LogP contribution in [-0.4, -0.2) is 21.0 Å². The van der Waals surface area contributed by atoms with Gasteiger partial charge in [-0.05, 0) is 36.8 Å². The molecule has 3 nitrogen and oxygen atoms in total. The number of aromatic nitrogens is 2. The van der Waals surface area contributed by atoms with Crippen LogP contribution in [0.3, 0.4) is 0 Å². The lowest BCUT2D eigenvalue weighted by molar-refractivity contribution is 0.0616. The maximum atomic E-state index is 10.1. The first-order valence-electron chi connectivity index (χ1n) is 6.57. The van der Waals surface area contributed by atoms with E-state index in [2.05, 4.69) is 29.4 Å². The third-order valence-corrected chi connectivity index (χ3v) is 3.92. The van der Waals surface area contributed by atoms with Gasteiger partial charge < -0.3 is 5.11 Å². The standard InChI is InChI=1S/C15H18N2O/c18-15-8-7-13(12-5-2-1-3-6-12)11-14(15)17-10-4-9-16-17/h1-6,9-10,13-15,18H,7-8,11H2. The van der Waals surface area contributed by atoms with Crippen LogP contribution in [0.15, 0.2) is 48.8 Å². The number of rotatable bonds is 2. The van der Waals surface area contributed by atoms with Crippen LogP contribution in [0.25, 0.3) is 0 Å². The van der Waals surface area contributed by atoms with Crippen LogP contribution in [0.2, 0.25) is 0 Å². The van der Waals surface area contributed by atoms with Gasteiger partial charge in [0.05, 0.1) is 12.1 Å². The molecule has 1 aromatic carbocycles. The number of nitrogens with zero attached hydrogens (tertiary/aromatic N) is 2. The Morgan fingerprint density at radius 2 is 1.94 bits per heavy atom. The zero-order chi connectivity index (χ0) is 12.4. The first-order chi connectivity index (χ1) is 8.84. The van der Waals surface area contributed by atoms with E-state index in [9.17, 15) is 5.11 Å². The first-order valence-corrected chi connectivity index (χ1v) is 6.57. The Kier molecular flexibility index (Phi) is 3.15. The van der Waals surface area contributed by atoms with E-state index < -0.39 is 0 Å². The highest BCUT2D eigenvalue weighted by molar-refractivity contribution is 5.20. The maximum Gasteiger partial charge on any atom is 0.0783 e. The van der Waals surface area contributed by atoms with E-state index in [-0.39, 0.29) is 12.1 Å². The van der Waals surface area contributed by atoms with Gasteiger partial charge in [-0.3, -0.25) is 4.68 Å².